The van der Waals surface area contributed by atoms with Crippen LogP contribution >= 0.6 is 0 Å². The standard InChI is InChI=1S/C20H26FN3O2/c1-22-20(23-12-11-16-3-7-18(21)8-4-16)24-15-17-5-9-19(10-6-17)26-14-13-25-2/h3-10H,11-15H2,1-2H3,(H2,22,23,24). The lowest BCUT2D eigenvalue weighted by atomic mass is 10.1. The van der Waals surface area contributed by atoms with Crippen molar-refractivity contribution < 1.29 is 13.9 Å². The van der Waals surface area contributed by atoms with E-state index in [0.717, 1.165) is 35.8 Å². The Labute approximate surface area is 154 Å². The van der Waals surface area contributed by atoms with Gasteiger partial charge in [0.1, 0.15) is 18.2 Å². The van der Waals surface area contributed by atoms with Crippen LogP contribution < -0.4 is 15.4 Å². The number of methoxy groups -OCH3 is 1. The fourth-order valence-electron chi connectivity index (χ4n) is 2.33. The number of rotatable bonds is 9. The SMILES string of the molecule is CN=C(NCCc1ccc(F)cc1)NCc1ccc(OCCOC)cc1. The molecule has 0 amide bonds. The zero-order chi connectivity index (χ0) is 18.6. The minimum Gasteiger partial charge on any atom is -0.491 e. The van der Waals surface area contributed by atoms with E-state index in [1.54, 1.807) is 26.3 Å². The maximum atomic E-state index is 12.9. The first-order chi connectivity index (χ1) is 12.7. The van der Waals surface area contributed by atoms with Crippen molar-refractivity contribution in [2.75, 3.05) is 33.9 Å². The first-order valence-electron chi connectivity index (χ1n) is 8.61. The second-order valence-corrected chi connectivity index (χ2v) is 5.71. The van der Waals surface area contributed by atoms with Gasteiger partial charge in [0.05, 0.1) is 6.61 Å². The molecule has 2 rings (SSSR count). The Hall–Kier alpha value is -2.60. The summed E-state index contributed by atoms with van der Waals surface area (Å²) in [7, 11) is 3.39. The number of hydrogen-bond acceptors (Lipinski definition) is 3. The molecule has 0 aliphatic heterocycles. The average molecular weight is 359 g/mol. The van der Waals surface area contributed by atoms with Crippen molar-refractivity contribution in [3.63, 3.8) is 0 Å². The number of benzene rings is 2. The summed E-state index contributed by atoms with van der Waals surface area (Å²) in [5.74, 6) is 1.34. The van der Waals surface area contributed by atoms with Crippen LogP contribution in [0.4, 0.5) is 4.39 Å². The van der Waals surface area contributed by atoms with Crippen LogP contribution in [0.1, 0.15) is 11.1 Å². The highest BCUT2D eigenvalue weighted by Crippen LogP contribution is 2.12. The fraction of sp³-hybridized carbons (Fsp3) is 0.350. The van der Waals surface area contributed by atoms with Gasteiger partial charge >= 0.3 is 0 Å². The quantitative estimate of drug-likeness (QED) is 0.411. The Kier molecular flexibility index (Phi) is 8.42. The van der Waals surface area contributed by atoms with E-state index < -0.39 is 0 Å². The van der Waals surface area contributed by atoms with Crippen molar-refractivity contribution in [3.05, 3.63) is 65.5 Å². The molecule has 0 radical (unpaired) electrons. The Morgan fingerprint density at radius 1 is 0.962 bits per heavy atom. The van der Waals surface area contributed by atoms with Crippen LogP contribution in [0.25, 0.3) is 0 Å². The first kappa shape index (κ1) is 19.7. The zero-order valence-corrected chi connectivity index (χ0v) is 15.3. The Morgan fingerprint density at radius 2 is 1.65 bits per heavy atom. The molecule has 0 saturated carbocycles. The molecule has 0 atom stereocenters. The molecular weight excluding hydrogens is 333 g/mol. The third kappa shape index (κ3) is 7.11. The number of nitrogens with one attached hydrogen (secondary N) is 2. The lowest BCUT2D eigenvalue weighted by Crippen LogP contribution is -2.37. The molecule has 0 saturated heterocycles. The van der Waals surface area contributed by atoms with Gasteiger partial charge < -0.3 is 20.1 Å². The monoisotopic (exact) mass is 359 g/mol. The highest BCUT2D eigenvalue weighted by Gasteiger charge is 2.00. The summed E-state index contributed by atoms with van der Waals surface area (Å²) < 4.78 is 23.4. The van der Waals surface area contributed by atoms with E-state index in [1.807, 2.05) is 24.3 Å². The van der Waals surface area contributed by atoms with Gasteiger partial charge in [-0.1, -0.05) is 24.3 Å². The molecule has 0 aliphatic carbocycles. The smallest absolute Gasteiger partial charge is 0.191 e. The summed E-state index contributed by atoms with van der Waals surface area (Å²) in [6.07, 6.45) is 0.800. The lowest BCUT2D eigenvalue weighted by Gasteiger charge is -2.12. The number of halogens is 1. The van der Waals surface area contributed by atoms with Gasteiger partial charge in [0.2, 0.25) is 0 Å². The highest BCUT2D eigenvalue weighted by atomic mass is 19.1. The summed E-state index contributed by atoms with van der Waals surface area (Å²) in [5, 5.41) is 6.53. The molecule has 5 nitrogen and oxygen atoms in total. The van der Waals surface area contributed by atoms with Crippen LogP contribution in [-0.2, 0) is 17.7 Å². The fourth-order valence-corrected chi connectivity index (χ4v) is 2.33. The molecule has 0 aliphatic rings. The van der Waals surface area contributed by atoms with Gasteiger partial charge in [-0.2, -0.15) is 0 Å². The zero-order valence-electron chi connectivity index (χ0n) is 15.3. The molecule has 2 N–H and O–H groups in total. The molecule has 2 aromatic carbocycles. The van der Waals surface area contributed by atoms with Crippen molar-refractivity contribution in [2.24, 2.45) is 4.99 Å². The van der Waals surface area contributed by atoms with E-state index in [2.05, 4.69) is 15.6 Å². The average Bonchev–Trinajstić information content (AvgIpc) is 2.67. The van der Waals surface area contributed by atoms with Crippen LogP contribution in [0.2, 0.25) is 0 Å². The van der Waals surface area contributed by atoms with Gasteiger partial charge in [-0.25, -0.2) is 4.39 Å². The van der Waals surface area contributed by atoms with E-state index in [-0.39, 0.29) is 5.82 Å². The molecule has 0 fully saturated rings. The van der Waals surface area contributed by atoms with Crippen LogP contribution in [-0.4, -0.2) is 39.9 Å². The molecule has 0 heterocycles. The van der Waals surface area contributed by atoms with Gasteiger partial charge in [-0.05, 0) is 41.8 Å². The topological polar surface area (TPSA) is 54.9 Å². The Morgan fingerprint density at radius 3 is 2.31 bits per heavy atom. The van der Waals surface area contributed by atoms with Crippen molar-refractivity contribution in [1.82, 2.24) is 10.6 Å². The van der Waals surface area contributed by atoms with E-state index >= 15 is 0 Å². The van der Waals surface area contributed by atoms with Gasteiger partial charge in [0.25, 0.3) is 0 Å². The number of nitrogens with zero attached hydrogens (tertiary/aromatic N) is 1. The second kappa shape index (κ2) is 11.1. The summed E-state index contributed by atoms with van der Waals surface area (Å²) in [6.45, 7) is 2.49. The van der Waals surface area contributed by atoms with Gasteiger partial charge in [-0.15, -0.1) is 0 Å². The Bertz CT molecular complexity index is 672. The number of aliphatic imine (C=N–C) groups is 1. The third-order valence-electron chi connectivity index (χ3n) is 3.78. The van der Waals surface area contributed by atoms with Crippen LogP contribution in [0, 0.1) is 5.82 Å². The van der Waals surface area contributed by atoms with Gasteiger partial charge in [0.15, 0.2) is 5.96 Å². The molecule has 2 aromatic rings. The molecule has 26 heavy (non-hydrogen) atoms. The predicted octanol–water partition coefficient (Wildman–Crippen LogP) is 2.76. The van der Waals surface area contributed by atoms with Crippen LogP contribution in [0.15, 0.2) is 53.5 Å². The molecule has 0 unspecified atom stereocenters. The maximum Gasteiger partial charge on any atom is 0.191 e. The molecule has 0 bridgehead atoms. The maximum absolute atomic E-state index is 12.9. The van der Waals surface area contributed by atoms with E-state index in [1.165, 1.54) is 12.1 Å². The summed E-state index contributed by atoms with van der Waals surface area (Å²) >= 11 is 0. The van der Waals surface area contributed by atoms with Crippen molar-refractivity contribution >= 4 is 5.96 Å². The molecule has 6 heteroatoms. The van der Waals surface area contributed by atoms with Crippen LogP contribution in [0.3, 0.4) is 0 Å². The van der Waals surface area contributed by atoms with Gasteiger partial charge in [0, 0.05) is 27.2 Å². The number of ether oxygens (including phenoxy) is 2. The van der Waals surface area contributed by atoms with E-state index in [9.17, 15) is 4.39 Å². The first-order valence-corrected chi connectivity index (χ1v) is 8.61. The molecule has 140 valence electrons. The van der Waals surface area contributed by atoms with E-state index in [0.29, 0.717) is 19.8 Å². The minimum absolute atomic E-state index is 0.214. The second-order valence-electron chi connectivity index (χ2n) is 5.71. The van der Waals surface area contributed by atoms with E-state index in [4.69, 9.17) is 9.47 Å². The predicted molar refractivity (Wildman–Crippen MR) is 102 cm³/mol. The summed E-state index contributed by atoms with van der Waals surface area (Å²) in [5.41, 5.74) is 2.21. The van der Waals surface area contributed by atoms with Gasteiger partial charge in [-0.3, -0.25) is 4.99 Å². The minimum atomic E-state index is -0.214. The van der Waals surface area contributed by atoms with Crippen molar-refractivity contribution in [2.45, 2.75) is 13.0 Å². The summed E-state index contributed by atoms with van der Waals surface area (Å²) in [6, 6.07) is 14.5. The number of guanidine groups is 1. The molecular formula is C20H26FN3O2. The van der Waals surface area contributed by atoms with Crippen molar-refractivity contribution in [3.8, 4) is 5.75 Å². The lowest BCUT2D eigenvalue weighted by molar-refractivity contribution is 0.146. The number of hydrogen-bond donors (Lipinski definition) is 2. The highest BCUT2D eigenvalue weighted by molar-refractivity contribution is 5.79. The summed E-state index contributed by atoms with van der Waals surface area (Å²) in [4.78, 5) is 4.21. The normalized spacial score (nSPS) is 11.3. The largest absolute Gasteiger partial charge is 0.491 e. The molecule has 0 aromatic heterocycles. The van der Waals surface area contributed by atoms with Crippen molar-refractivity contribution in [1.29, 1.82) is 0 Å². The molecule has 0 spiro atoms. The Balaban J connectivity index is 1.71. The van der Waals surface area contributed by atoms with Crippen LogP contribution in [0.5, 0.6) is 5.75 Å². The third-order valence-corrected chi connectivity index (χ3v) is 3.78.